The van der Waals surface area contributed by atoms with Gasteiger partial charge in [0.25, 0.3) is 5.91 Å². The molecule has 1 aromatic carbocycles. The van der Waals surface area contributed by atoms with Crippen molar-refractivity contribution in [3.8, 4) is 28.8 Å². The van der Waals surface area contributed by atoms with Crippen LogP contribution in [0, 0.1) is 0 Å². The SMILES string of the molecule is COc1cnc(OCCOc2nc(C(N)=O)ncc2-c2ccc(Br)cc2)nc1. The van der Waals surface area contributed by atoms with Gasteiger partial charge in [-0.3, -0.25) is 4.79 Å². The Morgan fingerprint density at radius 3 is 2.36 bits per heavy atom. The third-order valence-corrected chi connectivity index (χ3v) is 4.05. The molecule has 2 N–H and O–H groups in total. The van der Waals surface area contributed by atoms with Crippen molar-refractivity contribution in [2.24, 2.45) is 5.73 Å². The molecule has 2 heterocycles. The number of benzene rings is 1. The van der Waals surface area contributed by atoms with Crippen LogP contribution in [0.1, 0.15) is 10.6 Å². The Labute approximate surface area is 169 Å². The van der Waals surface area contributed by atoms with Gasteiger partial charge in [-0.1, -0.05) is 28.1 Å². The Morgan fingerprint density at radius 1 is 1.04 bits per heavy atom. The standard InChI is InChI=1S/C18H16BrN5O4/c1-26-13-8-22-18(23-9-13)28-7-6-27-17-14(10-21-16(24-17)15(20)25)11-2-4-12(19)5-3-11/h2-5,8-10H,6-7H2,1H3,(H2,20,25). The fraction of sp³-hybridized carbons (Fsp3) is 0.167. The van der Waals surface area contributed by atoms with E-state index in [1.54, 1.807) is 0 Å². The summed E-state index contributed by atoms with van der Waals surface area (Å²) in [6, 6.07) is 7.71. The Bertz CT molecular complexity index is 951. The number of nitrogens with zero attached hydrogens (tertiary/aromatic N) is 4. The van der Waals surface area contributed by atoms with Crippen LogP contribution in [0.25, 0.3) is 11.1 Å². The van der Waals surface area contributed by atoms with Gasteiger partial charge >= 0.3 is 6.01 Å². The minimum absolute atomic E-state index is 0.129. The van der Waals surface area contributed by atoms with E-state index in [9.17, 15) is 4.79 Å². The summed E-state index contributed by atoms with van der Waals surface area (Å²) < 4.78 is 17.0. The van der Waals surface area contributed by atoms with E-state index in [1.165, 1.54) is 25.7 Å². The first kappa shape index (κ1) is 19.5. The maximum absolute atomic E-state index is 11.4. The molecular formula is C18H16BrN5O4. The van der Waals surface area contributed by atoms with E-state index in [0.717, 1.165) is 10.0 Å². The molecule has 0 spiro atoms. The summed E-state index contributed by atoms with van der Waals surface area (Å²) in [7, 11) is 1.53. The first-order valence-electron chi connectivity index (χ1n) is 8.11. The fourth-order valence-corrected chi connectivity index (χ4v) is 2.44. The van der Waals surface area contributed by atoms with Crippen molar-refractivity contribution in [1.29, 1.82) is 0 Å². The topological polar surface area (TPSA) is 122 Å². The molecule has 0 aliphatic heterocycles. The van der Waals surface area contributed by atoms with Gasteiger partial charge in [0.1, 0.15) is 13.2 Å². The lowest BCUT2D eigenvalue weighted by molar-refractivity contribution is 0.0989. The average Bonchev–Trinajstić information content (AvgIpc) is 2.72. The number of ether oxygens (including phenoxy) is 3. The summed E-state index contributed by atoms with van der Waals surface area (Å²) in [4.78, 5) is 27.5. The largest absolute Gasteiger partial charge is 0.494 e. The van der Waals surface area contributed by atoms with E-state index in [4.69, 9.17) is 19.9 Å². The van der Waals surface area contributed by atoms with E-state index in [-0.39, 0.29) is 30.9 Å². The molecule has 0 aliphatic carbocycles. The molecule has 3 rings (SSSR count). The van der Waals surface area contributed by atoms with Gasteiger partial charge in [-0.2, -0.15) is 15.0 Å². The second-order valence-corrected chi connectivity index (χ2v) is 6.30. The number of methoxy groups -OCH3 is 1. The lowest BCUT2D eigenvalue weighted by Crippen LogP contribution is -2.17. The normalized spacial score (nSPS) is 10.4. The van der Waals surface area contributed by atoms with Crippen LogP contribution >= 0.6 is 15.9 Å². The van der Waals surface area contributed by atoms with Crippen molar-refractivity contribution in [1.82, 2.24) is 19.9 Å². The molecule has 3 aromatic rings. The molecule has 10 heteroatoms. The summed E-state index contributed by atoms with van der Waals surface area (Å²) in [6.45, 7) is 0.316. The van der Waals surface area contributed by atoms with Gasteiger partial charge in [0.05, 0.1) is 25.1 Å². The van der Waals surface area contributed by atoms with E-state index < -0.39 is 5.91 Å². The lowest BCUT2D eigenvalue weighted by Gasteiger charge is -2.11. The van der Waals surface area contributed by atoms with Crippen molar-refractivity contribution in [3.63, 3.8) is 0 Å². The van der Waals surface area contributed by atoms with E-state index in [2.05, 4.69) is 35.9 Å². The van der Waals surface area contributed by atoms with Crippen LogP contribution in [-0.2, 0) is 0 Å². The van der Waals surface area contributed by atoms with Crippen molar-refractivity contribution in [3.05, 3.63) is 53.2 Å². The van der Waals surface area contributed by atoms with Crippen LogP contribution in [-0.4, -0.2) is 46.2 Å². The summed E-state index contributed by atoms with van der Waals surface area (Å²) in [5, 5.41) is 0. The highest BCUT2D eigenvalue weighted by atomic mass is 79.9. The van der Waals surface area contributed by atoms with Crippen LogP contribution in [0.2, 0.25) is 0 Å². The Hall–Kier alpha value is -3.27. The number of primary amides is 1. The molecule has 2 aromatic heterocycles. The highest BCUT2D eigenvalue weighted by Crippen LogP contribution is 2.28. The lowest BCUT2D eigenvalue weighted by atomic mass is 10.1. The Balaban J connectivity index is 1.70. The monoisotopic (exact) mass is 445 g/mol. The average molecular weight is 446 g/mol. The quantitative estimate of drug-likeness (QED) is 0.523. The number of amides is 1. The van der Waals surface area contributed by atoms with Gasteiger partial charge in [-0.25, -0.2) is 4.98 Å². The predicted molar refractivity (Wildman–Crippen MR) is 103 cm³/mol. The molecule has 28 heavy (non-hydrogen) atoms. The molecule has 0 atom stereocenters. The zero-order chi connectivity index (χ0) is 19.9. The molecule has 1 amide bonds. The molecule has 0 fully saturated rings. The van der Waals surface area contributed by atoms with Crippen molar-refractivity contribution in [2.45, 2.75) is 0 Å². The van der Waals surface area contributed by atoms with Crippen molar-refractivity contribution in [2.75, 3.05) is 20.3 Å². The van der Waals surface area contributed by atoms with Gasteiger partial charge < -0.3 is 19.9 Å². The van der Waals surface area contributed by atoms with E-state index in [0.29, 0.717) is 11.3 Å². The number of carbonyl (C=O) groups is 1. The third kappa shape index (κ3) is 4.92. The Morgan fingerprint density at radius 2 is 1.71 bits per heavy atom. The Kier molecular flexibility index (Phi) is 6.33. The molecule has 0 aliphatic rings. The van der Waals surface area contributed by atoms with Crippen LogP contribution in [0.5, 0.6) is 17.6 Å². The molecule has 9 nitrogen and oxygen atoms in total. The molecule has 0 bridgehead atoms. The summed E-state index contributed by atoms with van der Waals surface area (Å²) >= 11 is 3.39. The van der Waals surface area contributed by atoms with Gasteiger partial charge in [-0.15, -0.1) is 0 Å². The first-order chi connectivity index (χ1) is 13.6. The molecule has 0 saturated carbocycles. The van der Waals surface area contributed by atoms with Crippen molar-refractivity contribution < 1.29 is 19.0 Å². The van der Waals surface area contributed by atoms with Crippen molar-refractivity contribution >= 4 is 21.8 Å². The van der Waals surface area contributed by atoms with Gasteiger partial charge in [-0.05, 0) is 17.7 Å². The van der Waals surface area contributed by atoms with Gasteiger partial charge in [0.2, 0.25) is 11.7 Å². The number of carbonyl (C=O) groups excluding carboxylic acids is 1. The first-order valence-corrected chi connectivity index (χ1v) is 8.90. The number of halogens is 1. The summed E-state index contributed by atoms with van der Waals surface area (Å²) in [6.07, 6.45) is 4.50. The molecular weight excluding hydrogens is 430 g/mol. The van der Waals surface area contributed by atoms with Gasteiger partial charge in [0, 0.05) is 10.7 Å². The highest BCUT2D eigenvalue weighted by molar-refractivity contribution is 9.10. The van der Waals surface area contributed by atoms with E-state index in [1.807, 2.05) is 24.3 Å². The summed E-state index contributed by atoms with van der Waals surface area (Å²) in [5.41, 5.74) is 6.72. The number of aromatic nitrogens is 4. The maximum atomic E-state index is 11.4. The molecule has 144 valence electrons. The number of hydrogen-bond donors (Lipinski definition) is 1. The minimum Gasteiger partial charge on any atom is -0.494 e. The predicted octanol–water partition coefficient (Wildman–Crippen LogP) is 2.26. The van der Waals surface area contributed by atoms with E-state index >= 15 is 0 Å². The van der Waals surface area contributed by atoms with Crippen LogP contribution < -0.4 is 19.9 Å². The fourth-order valence-electron chi connectivity index (χ4n) is 2.18. The maximum Gasteiger partial charge on any atom is 0.316 e. The number of hydrogen-bond acceptors (Lipinski definition) is 8. The second kappa shape index (κ2) is 9.09. The molecule has 0 unspecified atom stereocenters. The highest BCUT2D eigenvalue weighted by Gasteiger charge is 2.14. The third-order valence-electron chi connectivity index (χ3n) is 3.52. The number of rotatable bonds is 8. The second-order valence-electron chi connectivity index (χ2n) is 5.39. The molecule has 0 radical (unpaired) electrons. The summed E-state index contributed by atoms with van der Waals surface area (Å²) in [5.74, 6) is -0.113. The smallest absolute Gasteiger partial charge is 0.316 e. The van der Waals surface area contributed by atoms with Crippen LogP contribution in [0.4, 0.5) is 0 Å². The molecule has 0 saturated heterocycles. The number of nitrogens with two attached hydrogens (primary N) is 1. The minimum atomic E-state index is -0.741. The zero-order valence-electron chi connectivity index (χ0n) is 14.8. The van der Waals surface area contributed by atoms with Crippen LogP contribution in [0.15, 0.2) is 47.3 Å². The van der Waals surface area contributed by atoms with Gasteiger partial charge in [0.15, 0.2) is 5.75 Å². The zero-order valence-corrected chi connectivity index (χ0v) is 16.4. The van der Waals surface area contributed by atoms with Crippen LogP contribution in [0.3, 0.4) is 0 Å².